The monoisotopic (exact) mass is 428 g/mol. The normalized spacial score (nSPS) is 13.3. The molecule has 0 unspecified atom stereocenters. The minimum Gasteiger partial charge on any atom is -0.325 e. The molecule has 1 aromatic heterocycles. The fraction of sp³-hybridized carbons (Fsp3) is 0.522. The number of aromatic nitrogens is 2. The second-order valence-electron chi connectivity index (χ2n) is 7.57. The number of amides is 1. The van der Waals surface area contributed by atoms with Gasteiger partial charge >= 0.3 is 5.69 Å². The van der Waals surface area contributed by atoms with Gasteiger partial charge in [-0.3, -0.25) is 9.36 Å². The zero-order valence-electron chi connectivity index (χ0n) is 18.0. The molecule has 0 saturated carbocycles. The van der Waals surface area contributed by atoms with Crippen molar-refractivity contribution in [1.29, 1.82) is 0 Å². The van der Waals surface area contributed by atoms with Gasteiger partial charge in [0.15, 0.2) is 0 Å². The Bertz CT molecular complexity index is 894. The van der Waals surface area contributed by atoms with E-state index in [0.717, 1.165) is 68.1 Å². The molecule has 1 amide bonds. The van der Waals surface area contributed by atoms with E-state index in [-0.39, 0.29) is 17.3 Å². The van der Waals surface area contributed by atoms with Crippen LogP contribution in [0.4, 0.5) is 5.69 Å². The van der Waals surface area contributed by atoms with Gasteiger partial charge in [0.2, 0.25) is 5.91 Å². The molecule has 0 aliphatic heterocycles. The van der Waals surface area contributed by atoms with E-state index in [1.807, 2.05) is 34.9 Å². The van der Waals surface area contributed by atoms with Crippen LogP contribution in [-0.4, -0.2) is 45.7 Å². The number of para-hydroxylation sites is 1. The molecule has 0 saturated heterocycles. The van der Waals surface area contributed by atoms with E-state index >= 15 is 0 Å². The first-order valence-corrected chi connectivity index (χ1v) is 11.9. The van der Waals surface area contributed by atoms with Gasteiger partial charge in [0.25, 0.3) is 0 Å². The van der Waals surface area contributed by atoms with Gasteiger partial charge in [-0.2, -0.15) is 4.98 Å². The molecule has 0 radical (unpaired) electrons. The van der Waals surface area contributed by atoms with E-state index in [2.05, 4.69) is 29.0 Å². The minimum atomic E-state index is -0.179. The third-order valence-corrected chi connectivity index (χ3v) is 6.62. The van der Waals surface area contributed by atoms with Gasteiger partial charge in [-0.05, 0) is 63.9 Å². The second kappa shape index (κ2) is 11.3. The van der Waals surface area contributed by atoms with Crippen molar-refractivity contribution in [3.8, 4) is 0 Å². The lowest BCUT2D eigenvalue weighted by molar-refractivity contribution is -0.113. The lowest BCUT2D eigenvalue weighted by Crippen LogP contribution is -2.32. The third-order valence-electron chi connectivity index (χ3n) is 5.60. The summed E-state index contributed by atoms with van der Waals surface area (Å²) in [7, 11) is 0. The van der Waals surface area contributed by atoms with E-state index in [4.69, 9.17) is 0 Å². The van der Waals surface area contributed by atoms with Crippen LogP contribution in [0.15, 0.2) is 40.2 Å². The fourth-order valence-corrected chi connectivity index (χ4v) is 4.82. The Labute approximate surface area is 183 Å². The van der Waals surface area contributed by atoms with Crippen molar-refractivity contribution in [3.05, 3.63) is 52.1 Å². The summed E-state index contributed by atoms with van der Waals surface area (Å²) in [5, 5.41) is 3.63. The summed E-state index contributed by atoms with van der Waals surface area (Å²) < 4.78 is 1.88. The molecule has 7 heteroatoms. The van der Waals surface area contributed by atoms with Crippen LogP contribution >= 0.6 is 11.8 Å². The molecule has 1 heterocycles. The third kappa shape index (κ3) is 5.95. The Hall–Kier alpha value is -2.12. The highest BCUT2D eigenvalue weighted by atomic mass is 32.2. The topological polar surface area (TPSA) is 67.2 Å². The van der Waals surface area contributed by atoms with Gasteiger partial charge in [0.1, 0.15) is 5.03 Å². The summed E-state index contributed by atoms with van der Waals surface area (Å²) in [5.41, 5.74) is 2.90. The molecule has 0 bridgehead atoms. The molecule has 0 fully saturated rings. The van der Waals surface area contributed by atoms with Crippen LogP contribution in [0.2, 0.25) is 0 Å². The van der Waals surface area contributed by atoms with Crippen LogP contribution in [0.5, 0.6) is 0 Å². The number of hydrogen-bond acceptors (Lipinski definition) is 5. The van der Waals surface area contributed by atoms with Gasteiger partial charge in [-0.25, -0.2) is 4.79 Å². The molecule has 0 atom stereocenters. The van der Waals surface area contributed by atoms with Crippen molar-refractivity contribution in [1.82, 2.24) is 14.5 Å². The fourth-order valence-electron chi connectivity index (χ4n) is 3.94. The van der Waals surface area contributed by atoms with Gasteiger partial charge in [0.05, 0.1) is 5.75 Å². The largest absolute Gasteiger partial charge is 0.348 e. The highest BCUT2D eigenvalue weighted by Gasteiger charge is 2.21. The molecule has 1 N–H and O–H groups in total. The van der Waals surface area contributed by atoms with Crippen molar-refractivity contribution < 1.29 is 4.79 Å². The highest BCUT2D eigenvalue weighted by Crippen LogP contribution is 2.28. The number of rotatable bonds is 10. The lowest BCUT2D eigenvalue weighted by Gasteiger charge is -2.23. The Morgan fingerprint density at radius 2 is 1.90 bits per heavy atom. The number of anilines is 1. The zero-order chi connectivity index (χ0) is 21.3. The maximum Gasteiger partial charge on any atom is 0.348 e. The number of carbonyl (C=O) groups is 1. The molecule has 1 aliphatic rings. The summed E-state index contributed by atoms with van der Waals surface area (Å²) >= 11 is 1.38. The maximum absolute atomic E-state index is 12.8. The number of nitrogens with zero attached hydrogens (tertiary/aromatic N) is 3. The van der Waals surface area contributed by atoms with Crippen LogP contribution in [-0.2, 0) is 24.2 Å². The van der Waals surface area contributed by atoms with Crippen molar-refractivity contribution in [2.45, 2.75) is 57.5 Å². The quantitative estimate of drug-likeness (QED) is 0.463. The first-order chi connectivity index (χ1) is 14.6. The molecule has 6 nitrogen and oxygen atoms in total. The van der Waals surface area contributed by atoms with E-state index < -0.39 is 0 Å². The summed E-state index contributed by atoms with van der Waals surface area (Å²) in [6.45, 7) is 8.09. The number of benzene rings is 1. The van der Waals surface area contributed by atoms with Crippen molar-refractivity contribution >= 4 is 23.4 Å². The second-order valence-corrected chi connectivity index (χ2v) is 8.53. The Morgan fingerprint density at radius 3 is 2.63 bits per heavy atom. The molecule has 2 aromatic rings. The van der Waals surface area contributed by atoms with E-state index in [1.54, 1.807) is 0 Å². The molecular weight excluding hydrogens is 396 g/mol. The molecule has 162 valence electrons. The van der Waals surface area contributed by atoms with Crippen LogP contribution in [0.3, 0.4) is 0 Å². The summed E-state index contributed by atoms with van der Waals surface area (Å²) in [6.07, 6.45) is 5.01. The van der Waals surface area contributed by atoms with E-state index in [1.165, 1.54) is 17.3 Å². The van der Waals surface area contributed by atoms with Gasteiger partial charge in [-0.15, -0.1) is 0 Å². The Balaban J connectivity index is 1.69. The van der Waals surface area contributed by atoms with Crippen molar-refractivity contribution in [3.63, 3.8) is 0 Å². The average molecular weight is 429 g/mol. The molecule has 1 aromatic carbocycles. The Morgan fingerprint density at radius 1 is 1.17 bits per heavy atom. The number of hydrogen-bond donors (Lipinski definition) is 1. The first-order valence-electron chi connectivity index (χ1n) is 10.9. The van der Waals surface area contributed by atoms with Gasteiger partial charge in [0, 0.05) is 23.5 Å². The summed E-state index contributed by atoms with van der Waals surface area (Å²) in [4.78, 5) is 31.9. The zero-order valence-corrected chi connectivity index (χ0v) is 18.8. The number of nitrogens with one attached hydrogen (secondary N) is 1. The number of thioether (sulfide) groups is 1. The predicted molar refractivity (Wildman–Crippen MR) is 123 cm³/mol. The minimum absolute atomic E-state index is 0.0824. The molecule has 0 spiro atoms. The van der Waals surface area contributed by atoms with Gasteiger partial charge < -0.3 is 10.2 Å². The van der Waals surface area contributed by atoms with Gasteiger partial charge in [-0.1, -0.05) is 43.8 Å². The Kier molecular flexibility index (Phi) is 8.51. The van der Waals surface area contributed by atoms with Crippen molar-refractivity contribution in [2.24, 2.45) is 0 Å². The molecule has 3 rings (SSSR count). The smallest absolute Gasteiger partial charge is 0.325 e. The highest BCUT2D eigenvalue weighted by molar-refractivity contribution is 8.00. The standard InChI is InChI=1S/C23H32N4O2S/c1-3-26(4-2)15-10-16-27-20-14-9-8-13-19(20)22(25-23(27)29)30-17-21(28)24-18-11-6-5-7-12-18/h5-7,11-12H,3-4,8-10,13-17H2,1-2H3,(H,24,28). The molecular formula is C23H32N4O2S. The van der Waals surface area contributed by atoms with Crippen LogP contribution < -0.4 is 11.0 Å². The first kappa shape index (κ1) is 22.6. The van der Waals surface area contributed by atoms with Crippen LogP contribution in [0.25, 0.3) is 0 Å². The number of carbonyl (C=O) groups excluding carboxylic acids is 1. The van der Waals surface area contributed by atoms with Crippen LogP contribution in [0, 0.1) is 0 Å². The average Bonchev–Trinajstić information content (AvgIpc) is 2.77. The number of fused-ring (bicyclic) bond motifs is 1. The SMILES string of the molecule is CCN(CC)CCCn1c2c(c(SCC(=O)Nc3ccccc3)nc1=O)CCCC2. The summed E-state index contributed by atoms with van der Waals surface area (Å²) in [5.74, 6) is 0.167. The van der Waals surface area contributed by atoms with E-state index in [0.29, 0.717) is 6.54 Å². The summed E-state index contributed by atoms with van der Waals surface area (Å²) in [6, 6.07) is 9.42. The lowest BCUT2D eigenvalue weighted by atomic mass is 9.97. The van der Waals surface area contributed by atoms with Crippen molar-refractivity contribution in [2.75, 3.05) is 30.7 Å². The van der Waals surface area contributed by atoms with Crippen LogP contribution in [0.1, 0.15) is 44.4 Å². The van der Waals surface area contributed by atoms with E-state index in [9.17, 15) is 9.59 Å². The predicted octanol–water partition coefficient (Wildman–Crippen LogP) is 3.58. The maximum atomic E-state index is 12.8. The molecule has 30 heavy (non-hydrogen) atoms. The molecule has 1 aliphatic carbocycles.